The number of anilines is 1. The molecule has 0 atom stereocenters. The van der Waals surface area contributed by atoms with E-state index in [4.69, 9.17) is 11.1 Å². The maximum Gasteiger partial charge on any atom is 0.398 e. The summed E-state index contributed by atoms with van der Waals surface area (Å²) in [5.41, 5.74) is 1.46. The molecule has 4 aromatic rings. The second kappa shape index (κ2) is 9.97. The minimum atomic E-state index is -4.27. The lowest BCUT2D eigenvalue weighted by Crippen LogP contribution is -2.34. The van der Waals surface area contributed by atoms with Crippen molar-refractivity contribution < 1.29 is 17.7 Å². The molecule has 2 fully saturated rings. The molecule has 1 saturated carbocycles. The van der Waals surface area contributed by atoms with Crippen molar-refractivity contribution in [3.05, 3.63) is 99.8 Å². The lowest BCUT2D eigenvalue weighted by Gasteiger charge is -2.29. The van der Waals surface area contributed by atoms with E-state index in [-0.39, 0.29) is 41.7 Å². The van der Waals surface area contributed by atoms with Crippen LogP contribution in [0.2, 0.25) is 0 Å². The van der Waals surface area contributed by atoms with Crippen LogP contribution in [0.15, 0.2) is 76.2 Å². The number of aromatic nitrogens is 3. The Morgan fingerprint density at radius 2 is 1.75 bits per heavy atom. The fraction of sp³-hybridized carbons (Fsp3) is 0.333. The Bertz CT molecular complexity index is 1620. The molecule has 10 heteroatoms. The van der Waals surface area contributed by atoms with Gasteiger partial charge in [-0.25, -0.2) is 6.57 Å². The van der Waals surface area contributed by atoms with Crippen molar-refractivity contribution in [2.24, 2.45) is 0 Å². The SMILES string of the molecule is [C-]#[N+]C1CCN(c2cccc(Cn3cc(-c4nc(-c5ccc(C6(C(F)(F)F)CC6)cc5)no4)ccc3=O)c2)CC1. The molecule has 1 aliphatic heterocycles. The molecule has 0 amide bonds. The van der Waals surface area contributed by atoms with Crippen LogP contribution in [-0.4, -0.2) is 40.0 Å². The first-order valence-corrected chi connectivity index (χ1v) is 13.2. The minimum absolute atomic E-state index is 0.0922. The normalized spacial score (nSPS) is 17.0. The molecular formula is C30H26F3N5O2. The first-order valence-electron chi connectivity index (χ1n) is 13.2. The highest BCUT2D eigenvalue weighted by Crippen LogP contribution is 2.58. The Balaban J connectivity index is 1.19. The number of benzene rings is 2. The molecule has 1 aliphatic carbocycles. The van der Waals surface area contributed by atoms with Gasteiger partial charge in [0.2, 0.25) is 11.9 Å². The lowest BCUT2D eigenvalue weighted by atomic mass is 9.94. The monoisotopic (exact) mass is 545 g/mol. The molecule has 7 nitrogen and oxygen atoms in total. The molecule has 1 saturated heterocycles. The van der Waals surface area contributed by atoms with Crippen LogP contribution >= 0.6 is 0 Å². The van der Waals surface area contributed by atoms with Gasteiger partial charge in [-0.1, -0.05) is 41.6 Å². The fourth-order valence-electron chi connectivity index (χ4n) is 5.34. The zero-order valence-electron chi connectivity index (χ0n) is 21.6. The maximum absolute atomic E-state index is 13.5. The molecule has 0 bridgehead atoms. The number of pyridine rings is 1. The van der Waals surface area contributed by atoms with Crippen molar-refractivity contribution in [1.82, 2.24) is 14.7 Å². The average molecular weight is 546 g/mol. The summed E-state index contributed by atoms with van der Waals surface area (Å²) in [5, 5.41) is 4.01. The van der Waals surface area contributed by atoms with Gasteiger partial charge in [0, 0.05) is 49.4 Å². The third-order valence-electron chi connectivity index (χ3n) is 7.92. The van der Waals surface area contributed by atoms with E-state index in [1.165, 1.54) is 18.2 Å². The van der Waals surface area contributed by atoms with Gasteiger partial charge in [0.1, 0.15) is 0 Å². The van der Waals surface area contributed by atoms with Crippen molar-refractivity contribution in [2.45, 2.75) is 49.9 Å². The summed E-state index contributed by atoms with van der Waals surface area (Å²) in [6, 6.07) is 17.3. The topological polar surface area (TPSA) is 68.5 Å². The smallest absolute Gasteiger partial charge is 0.371 e. The standard InChI is InChI=1S/C30H26F3N5O2/c1-34-24-11-15-37(16-12-24)25-4-2-3-20(17-25)18-38-19-22(7-10-26(38)39)28-35-27(36-40-28)21-5-8-23(9-6-21)29(13-14-29)30(31,32)33/h2-10,17,19,24H,11-16,18H2. The maximum atomic E-state index is 13.5. The molecule has 2 aromatic heterocycles. The van der Waals surface area contributed by atoms with Gasteiger partial charge in [-0.2, -0.15) is 18.2 Å². The highest BCUT2D eigenvalue weighted by Gasteiger charge is 2.64. The first-order chi connectivity index (χ1) is 19.3. The van der Waals surface area contributed by atoms with E-state index in [9.17, 15) is 18.0 Å². The summed E-state index contributed by atoms with van der Waals surface area (Å²) in [6.07, 6.45) is -0.709. The van der Waals surface area contributed by atoms with Gasteiger partial charge in [0.05, 0.1) is 17.5 Å². The molecule has 0 spiro atoms. The number of nitrogens with zero attached hydrogens (tertiary/aromatic N) is 5. The van der Waals surface area contributed by atoms with Gasteiger partial charge in [0.25, 0.3) is 11.4 Å². The van der Waals surface area contributed by atoms with Crippen LogP contribution in [0.5, 0.6) is 0 Å². The second-order valence-corrected chi connectivity index (χ2v) is 10.5. The average Bonchev–Trinajstić information content (AvgIpc) is 3.66. The number of halogens is 3. The zero-order chi connectivity index (χ0) is 27.9. The van der Waals surface area contributed by atoms with Crippen molar-refractivity contribution in [3.8, 4) is 22.8 Å². The van der Waals surface area contributed by atoms with Crippen LogP contribution in [0, 0.1) is 6.57 Å². The second-order valence-electron chi connectivity index (χ2n) is 10.5. The summed E-state index contributed by atoms with van der Waals surface area (Å²) in [6.45, 7) is 9.26. The molecule has 6 rings (SSSR count). The third kappa shape index (κ3) is 4.88. The largest absolute Gasteiger partial charge is 0.398 e. The summed E-state index contributed by atoms with van der Waals surface area (Å²) in [5.74, 6) is 0.462. The van der Waals surface area contributed by atoms with Crippen LogP contribution in [-0.2, 0) is 12.0 Å². The van der Waals surface area contributed by atoms with Crippen LogP contribution in [0.3, 0.4) is 0 Å². The van der Waals surface area contributed by atoms with E-state index < -0.39 is 11.6 Å². The number of hydrogen-bond donors (Lipinski definition) is 0. The van der Waals surface area contributed by atoms with Crippen molar-refractivity contribution in [1.29, 1.82) is 0 Å². The van der Waals surface area contributed by atoms with E-state index in [1.807, 2.05) is 18.2 Å². The van der Waals surface area contributed by atoms with Crippen LogP contribution in [0.1, 0.15) is 36.8 Å². The summed E-state index contributed by atoms with van der Waals surface area (Å²) in [4.78, 5) is 23.0. The van der Waals surface area contributed by atoms with Crippen molar-refractivity contribution in [3.63, 3.8) is 0 Å². The van der Waals surface area contributed by atoms with Crippen molar-refractivity contribution >= 4 is 5.69 Å². The fourth-order valence-corrected chi connectivity index (χ4v) is 5.34. The number of rotatable bonds is 6. The van der Waals surface area contributed by atoms with E-state index in [0.29, 0.717) is 17.7 Å². The van der Waals surface area contributed by atoms with Gasteiger partial charge in [-0.15, -0.1) is 0 Å². The molecule has 2 aromatic carbocycles. The third-order valence-corrected chi connectivity index (χ3v) is 7.92. The Labute approximate surface area is 228 Å². The molecular weight excluding hydrogens is 519 g/mol. The minimum Gasteiger partial charge on any atom is -0.371 e. The van der Waals surface area contributed by atoms with Gasteiger partial charge in [0.15, 0.2) is 0 Å². The summed E-state index contributed by atoms with van der Waals surface area (Å²) >= 11 is 0. The lowest BCUT2D eigenvalue weighted by molar-refractivity contribution is -0.160. The molecule has 0 unspecified atom stereocenters. The zero-order valence-corrected chi connectivity index (χ0v) is 21.6. The van der Waals surface area contributed by atoms with Crippen LogP contribution in [0.25, 0.3) is 27.7 Å². The quantitative estimate of drug-likeness (QED) is 0.274. The number of piperidine rings is 1. The van der Waals surface area contributed by atoms with Gasteiger partial charge in [-0.3, -0.25) is 4.79 Å². The molecule has 40 heavy (non-hydrogen) atoms. The Morgan fingerprint density at radius 1 is 1.02 bits per heavy atom. The molecule has 0 N–H and O–H groups in total. The predicted octanol–water partition coefficient (Wildman–Crippen LogP) is 6.10. The molecule has 2 aliphatic rings. The number of hydrogen-bond acceptors (Lipinski definition) is 5. The molecule has 204 valence electrons. The van der Waals surface area contributed by atoms with Gasteiger partial charge >= 0.3 is 6.18 Å². The van der Waals surface area contributed by atoms with Crippen LogP contribution < -0.4 is 10.5 Å². The Morgan fingerprint density at radius 3 is 2.42 bits per heavy atom. The van der Waals surface area contributed by atoms with Crippen LogP contribution in [0.4, 0.5) is 18.9 Å². The van der Waals surface area contributed by atoms with E-state index in [1.54, 1.807) is 29.0 Å². The summed E-state index contributed by atoms with van der Waals surface area (Å²) < 4.78 is 47.4. The Hall–Kier alpha value is -4.39. The highest BCUT2D eigenvalue weighted by atomic mass is 19.4. The van der Waals surface area contributed by atoms with Crippen molar-refractivity contribution in [2.75, 3.05) is 18.0 Å². The van der Waals surface area contributed by atoms with Gasteiger partial charge in [-0.05, 0) is 42.2 Å². The first kappa shape index (κ1) is 25.9. The molecule has 0 radical (unpaired) electrons. The molecule has 3 heterocycles. The summed E-state index contributed by atoms with van der Waals surface area (Å²) in [7, 11) is 0. The number of alkyl halides is 3. The van der Waals surface area contributed by atoms with E-state index >= 15 is 0 Å². The van der Waals surface area contributed by atoms with E-state index in [2.05, 4.69) is 26.0 Å². The van der Waals surface area contributed by atoms with Gasteiger partial charge < -0.3 is 18.8 Å². The highest BCUT2D eigenvalue weighted by molar-refractivity contribution is 5.60. The predicted molar refractivity (Wildman–Crippen MR) is 144 cm³/mol. The van der Waals surface area contributed by atoms with E-state index in [0.717, 1.165) is 37.2 Å². The Kier molecular flexibility index (Phi) is 6.45.